The molecule has 2 rings (SSSR count). The number of carbonyl (C=O) groups excluding carboxylic acids is 2. The van der Waals surface area contributed by atoms with Crippen LogP contribution in [0.5, 0.6) is 11.5 Å². The second-order valence-electron chi connectivity index (χ2n) is 5.00. The molecule has 0 unspecified atom stereocenters. The van der Waals surface area contributed by atoms with Gasteiger partial charge in [0, 0.05) is 11.5 Å². The van der Waals surface area contributed by atoms with E-state index in [9.17, 15) is 14.4 Å². The molecule has 1 aromatic carbocycles. The molecule has 0 fully saturated rings. The fourth-order valence-electron chi connectivity index (χ4n) is 1.94. The number of benzene rings is 1. The van der Waals surface area contributed by atoms with Crippen molar-refractivity contribution in [2.75, 3.05) is 13.2 Å². The molecule has 6 heteroatoms. The molecule has 0 aliphatic heterocycles. The molecule has 116 valence electrons. The lowest BCUT2D eigenvalue weighted by Gasteiger charge is -2.13. The van der Waals surface area contributed by atoms with E-state index in [1.54, 1.807) is 19.1 Å². The van der Waals surface area contributed by atoms with E-state index in [0.29, 0.717) is 5.39 Å². The second kappa shape index (κ2) is 6.43. The van der Waals surface area contributed by atoms with Gasteiger partial charge in [0.15, 0.2) is 22.9 Å². The summed E-state index contributed by atoms with van der Waals surface area (Å²) in [6.45, 7) is 4.21. The van der Waals surface area contributed by atoms with Crippen molar-refractivity contribution in [1.82, 2.24) is 0 Å². The minimum atomic E-state index is -0.526. The molecule has 0 bridgehead atoms. The zero-order valence-electron chi connectivity index (χ0n) is 12.6. The predicted octanol–water partition coefficient (Wildman–Crippen LogP) is 2.04. The third-order valence-electron chi connectivity index (χ3n) is 2.89. The molecular formula is C16H16O6. The van der Waals surface area contributed by atoms with Crippen molar-refractivity contribution in [3.63, 3.8) is 0 Å². The summed E-state index contributed by atoms with van der Waals surface area (Å²) in [5.74, 6) is 0.0419. The van der Waals surface area contributed by atoms with Crippen LogP contribution in [0.1, 0.15) is 19.4 Å². The lowest BCUT2D eigenvalue weighted by Crippen LogP contribution is -2.11. The van der Waals surface area contributed by atoms with Gasteiger partial charge in [-0.25, -0.2) is 4.79 Å². The predicted molar refractivity (Wildman–Crippen MR) is 79.6 cm³/mol. The Hall–Kier alpha value is -2.63. The van der Waals surface area contributed by atoms with Crippen LogP contribution in [0.15, 0.2) is 27.4 Å². The van der Waals surface area contributed by atoms with E-state index in [0.717, 1.165) is 5.56 Å². The topological polar surface area (TPSA) is 82.8 Å². The molecule has 0 saturated heterocycles. The van der Waals surface area contributed by atoms with Crippen LogP contribution < -0.4 is 15.1 Å². The Kier molecular flexibility index (Phi) is 4.60. The second-order valence-corrected chi connectivity index (χ2v) is 5.00. The fourth-order valence-corrected chi connectivity index (χ4v) is 1.94. The zero-order valence-corrected chi connectivity index (χ0v) is 12.6. The minimum Gasteiger partial charge on any atom is -0.482 e. The molecule has 0 radical (unpaired) electrons. The van der Waals surface area contributed by atoms with Crippen molar-refractivity contribution in [1.29, 1.82) is 0 Å². The van der Waals surface area contributed by atoms with Crippen LogP contribution in [0, 0.1) is 6.92 Å². The van der Waals surface area contributed by atoms with Gasteiger partial charge in [-0.1, -0.05) is 0 Å². The normalized spacial score (nSPS) is 10.5. The molecule has 0 aliphatic rings. The number of rotatable bonds is 6. The monoisotopic (exact) mass is 304 g/mol. The molecule has 1 aromatic heterocycles. The Balaban J connectivity index is 2.57. The molecule has 0 amide bonds. The number of Topliss-reactive ketones (excluding diaryl/α,β-unsaturated/α-hetero) is 2. The highest BCUT2D eigenvalue weighted by Crippen LogP contribution is 2.36. The highest BCUT2D eigenvalue weighted by molar-refractivity contribution is 5.88. The lowest BCUT2D eigenvalue weighted by molar-refractivity contribution is -0.120. The summed E-state index contributed by atoms with van der Waals surface area (Å²) in [5, 5.41) is 0.674. The zero-order chi connectivity index (χ0) is 16.3. The first-order valence-electron chi connectivity index (χ1n) is 6.70. The van der Waals surface area contributed by atoms with Crippen LogP contribution in [0.25, 0.3) is 11.0 Å². The number of hydrogen-bond donors (Lipinski definition) is 0. The van der Waals surface area contributed by atoms with E-state index >= 15 is 0 Å². The maximum atomic E-state index is 11.6. The molecular weight excluding hydrogens is 288 g/mol. The molecule has 0 aliphatic carbocycles. The number of ketones is 2. The van der Waals surface area contributed by atoms with Crippen molar-refractivity contribution in [2.45, 2.75) is 20.8 Å². The number of hydrogen-bond acceptors (Lipinski definition) is 6. The molecule has 0 N–H and O–H groups in total. The number of aryl methyl sites for hydroxylation is 1. The fraction of sp³-hybridized carbons (Fsp3) is 0.312. The molecule has 0 atom stereocenters. The van der Waals surface area contributed by atoms with Crippen LogP contribution in [0.4, 0.5) is 0 Å². The molecule has 0 saturated carbocycles. The maximum Gasteiger partial charge on any atom is 0.336 e. The summed E-state index contributed by atoms with van der Waals surface area (Å²) in [5.41, 5.74) is 0.394. The number of fused-ring (bicyclic) bond motifs is 1. The van der Waals surface area contributed by atoms with Crippen LogP contribution in [-0.4, -0.2) is 24.8 Å². The molecule has 1 heterocycles. The Morgan fingerprint density at radius 2 is 1.73 bits per heavy atom. The van der Waals surface area contributed by atoms with Gasteiger partial charge in [0.2, 0.25) is 5.75 Å². The van der Waals surface area contributed by atoms with Crippen molar-refractivity contribution < 1.29 is 23.5 Å². The van der Waals surface area contributed by atoms with Crippen molar-refractivity contribution in [3.8, 4) is 11.5 Å². The molecule has 2 aromatic rings. The van der Waals surface area contributed by atoms with E-state index in [1.807, 2.05) is 0 Å². The summed E-state index contributed by atoms with van der Waals surface area (Å²) in [6, 6.07) is 4.70. The average molecular weight is 304 g/mol. The highest BCUT2D eigenvalue weighted by atomic mass is 16.5. The number of carbonyl (C=O) groups is 2. The lowest BCUT2D eigenvalue weighted by atomic mass is 10.1. The van der Waals surface area contributed by atoms with E-state index in [4.69, 9.17) is 13.9 Å². The van der Waals surface area contributed by atoms with Gasteiger partial charge in [-0.3, -0.25) is 9.59 Å². The largest absolute Gasteiger partial charge is 0.482 e. The van der Waals surface area contributed by atoms with Crippen molar-refractivity contribution in [3.05, 3.63) is 34.2 Å². The third-order valence-corrected chi connectivity index (χ3v) is 2.89. The van der Waals surface area contributed by atoms with Gasteiger partial charge >= 0.3 is 5.63 Å². The Morgan fingerprint density at radius 3 is 2.36 bits per heavy atom. The number of ether oxygens (including phenoxy) is 2. The third kappa shape index (κ3) is 3.52. The molecule has 22 heavy (non-hydrogen) atoms. The van der Waals surface area contributed by atoms with Crippen molar-refractivity contribution in [2.24, 2.45) is 0 Å². The summed E-state index contributed by atoms with van der Waals surface area (Å²) in [6.07, 6.45) is 0. The summed E-state index contributed by atoms with van der Waals surface area (Å²) in [4.78, 5) is 33.8. The van der Waals surface area contributed by atoms with Gasteiger partial charge in [0.05, 0.1) is 0 Å². The van der Waals surface area contributed by atoms with E-state index in [1.165, 1.54) is 19.9 Å². The van der Waals surface area contributed by atoms with E-state index in [2.05, 4.69) is 0 Å². The van der Waals surface area contributed by atoms with E-state index in [-0.39, 0.29) is 41.9 Å². The Labute approximate surface area is 126 Å². The Morgan fingerprint density at radius 1 is 1.09 bits per heavy atom. The van der Waals surface area contributed by atoms with Gasteiger partial charge in [0.25, 0.3) is 0 Å². The standard InChI is InChI=1S/C16H16O6/c1-9-6-14(19)22-15-12(9)4-5-13(20-7-10(2)17)16(15)21-8-11(3)18/h4-6H,7-8H2,1-3H3. The highest BCUT2D eigenvalue weighted by Gasteiger charge is 2.16. The first-order valence-corrected chi connectivity index (χ1v) is 6.70. The van der Waals surface area contributed by atoms with Gasteiger partial charge in [-0.2, -0.15) is 0 Å². The molecule has 6 nitrogen and oxygen atoms in total. The van der Waals surface area contributed by atoms with E-state index < -0.39 is 5.63 Å². The van der Waals surface area contributed by atoms with Gasteiger partial charge in [-0.15, -0.1) is 0 Å². The van der Waals surface area contributed by atoms with Gasteiger partial charge < -0.3 is 13.9 Å². The smallest absolute Gasteiger partial charge is 0.336 e. The van der Waals surface area contributed by atoms with Crippen LogP contribution in [-0.2, 0) is 9.59 Å². The minimum absolute atomic E-state index is 0.141. The summed E-state index contributed by atoms with van der Waals surface area (Å²) >= 11 is 0. The maximum absolute atomic E-state index is 11.6. The van der Waals surface area contributed by atoms with Crippen LogP contribution in [0.3, 0.4) is 0 Å². The van der Waals surface area contributed by atoms with Crippen LogP contribution >= 0.6 is 0 Å². The van der Waals surface area contributed by atoms with Gasteiger partial charge in [-0.05, 0) is 38.5 Å². The first-order chi connectivity index (χ1) is 10.4. The van der Waals surface area contributed by atoms with Crippen molar-refractivity contribution >= 4 is 22.5 Å². The Bertz CT molecular complexity index is 787. The quantitative estimate of drug-likeness (QED) is 0.759. The SMILES string of the molecule is CC(=O)COc1ccc2c(C)cc(=O)oc2c1OCC(C)=O. The summed E-state index contributed by atoms with van der Waals surface area (Å²) in [7, 11) is 0. The average Bonchev–Trinajstić information content (AvgIpc) is 2.42. The summed E-state index contributed by atoms with van der Waals surface area (Å²) < 4.78 is 16.0. The molecule has 0 spiro atoms. The first kappa shape index (κ1) is 15.8. The van der Waals surface area contributed by atoms with Gasteiger partial charge in [0.1, 0.15) is 13.2 Å². The van der Waals surface area contributed by atoms with Crippen LogP contribution in [0.2, 0.25) is 0 Å².